The molecule has 1 aromatic carbocycles. The second-order valence-electron chi connectivity index (χ2n) is 6.64. The van der Waals surface area contributed by atoms with Crippen molar-refractivity contribution in [2.24, 2.45) is 0 Å². The third kappa shape index (κ3) is 3.05. The lowest BCUT2D eigenvalue weighted by Gasteiger charge is -2.15. The van der Waals surface area contributed by atoms with Crippen molar-refractivity contribution in [2.45, 2.75) is 32.4 Å². The smallest absolute Gasteiger partial charge is 0.380 e. The molecule has 6 nitrogen and oxygen atoms in total. The summed E-state index contributed by atoms with van der Waals surface area (Å²) in [5, 5.41) is 3.66. The molecule has 7 heteroatoms. The molecule has 138 valence electrons. The molecule has 1 N–H and O–H groups in total. The minimum absolute atomic E-state index is 0.203. The Balaban J connectivity index is 1.70. The van der Waals surface area contributed by atoms with Gasteiger partial charge < -0.3 is 9.88 Å². The van der Waals surface area contributed by atoms with Crippen LogP contribution in [0.4, 0.5) is 10.2 Å². The molecule has 3 aromatic rings. The molecule has 0 spiro atoms. The Hall–Kier alpha value is -3.22. The first-order valence-corrected chi connectivity index (χ1v) is 8.80. The molecule has 0 amide bonds. The summed E-state index contributed by atoms with van der Waals surface area (Å²) in [4.78, 5) is 31.8. The summed E-state index contributed by atoms with van der Waals surface area (Å²) in [6, 6.07) is 10.1. The molecule has 0 aliphatic heterocycles. The number of aryl methyl sites for hydroxylation is 1. The van der Waals surface area contributed by atoms with E-state index in [1.807, 2.05) is 19.1 Å². The molecule has 2 aromatic heterocycles. The highest BCUT2D eigenvalue weighted by molar-refractivity contribution is 5.93. The molecule has 1 aliphatic carbocycles. The number of fused-ring (bicyclic) bond motifs is 2. The van der Waals surface area contributed by atoms with Crippen molar-refractivity contribution >= 4 is 22.7 Å². The van der Waals surface area contributed by atoms with Crippen LogP contribution in [0.15, 0.2) is 47.5 Å². The van der Waals surface area contributed by atoms with Crippen molar-refractivity contribution < 1.29 is 14.3 Å². The van der Waals surface area contributed by atoms with Crippen LogP contribution < -0.4 is 10.7 Å². The van der Waals surface area contributed by atoms with E-state index in [9.17, 15) is 14.1 Å². The van der Waals surface area contributed by atoms with Gasteiger partial charge in [0.1, 0.15) is 11.2 Å². The lowest BCUT2D eigenvalue weighted by Crippen LogP contribution is -2.22. The minimum atomic E-state index is -1.30. The van der Waals surface area contributed by atoms with Gasteiger partial charge in [0.05, 0.1) is 17.3 Å². The number of nitrogens with one attached hydrogen (secondary N) is 1. The molecule has 0 fully saturated rings. The molecule has 0 radical (unpaired) electrons. The fourth-order valence-corrected chi connectivity index (χ4v) is 3.68. The first-order valence-electron chi connectivity index (χ1n) is 8.80. The second kappa shape index (κ2) is 6.83. The number of carbonyl (C=O) groups is 1. The summed E-state index contributed by atoms with van der Waals surface area (Å²) in [7, 11) is 0. The molecule has 0 bridgehead atoms. The maximum Gasteiger partial charge on any atom is 0.384 e. The van der Waals surface area contributed by atoms with Crippen LogP contribution >= 0.6 is 0 Å². The molecular weight excluding hydrogens is 349 g/mol. The zero-order valence-corrected chi connectivity index (χ0v) is 14.7. The van der Waals surface area contributed by atoms with Crippen LogP contribution in [0.1, 0.15) is 28.4 Å². The molecule has 2 heterocycles. The van der Waals surface area contributed by atoms with Gasteiger partial charge in [0.2, 0.25) is 5.43 Å². The lowest BCUT2D eigenvalue weighted by molar-refractivity contribution is -0.0789. The molecule has 4 rings (SSSR count). The highest BCUT2D eigenvalue weighted by Crippen LogP contribution is 2.25. The Kier molecular flexibility index (Phi) is 4.35. The summed E-state index contributed by atoms with van der Waals surface area (Å²) in [5.74, 6) is -1.30. The van der Waals surface area contributed by atoms with Gasteiger partial charge >= 0.3 is 5.97 Å². The van der Waals surface area contributed by atoms with Gasteiger partial charge in [-0.2, -0.15) is 0 Å². The van der Waals surface area contributed by atoms with E-state index < -0.39 is 11.4 Å². The summed E-state index contributed by atoms with van der Waals surface area (Å²) < 4.78 is 14.0. The predicted molar refractivity (Wildman–Crippen MR) is 99.5 cm³/mol. The van der Waals surface area contributed by atoms with E-state index in [4.69, 9.17) is 0 Å². The Bertz CT molecular complexity index is 1070. The maximum atomic E-state index is 12.6. The standard InChI is InChI=1S/C20H18FN3O3/c1-2-24-11-17(20(26)27-21)18(25)16-9-15(10-22-19(16)24)23-14-7-12-5-3-4-6-13(12)8-14/h3-6,9-11,14,23H,2,7-8H2,1H3. The zero-order chi connectivity index (χ0) is 19.0. The Labute approximate surface area is 154 Å². The van der Waals surface area contributed by atoms with Crippen LogP contribution in [0.25, 0.3) is 11.0 Å². The normalized spacial score (nSPS) is 13.6. The largest absolute Gasteiger partial charge is 0.384 e. The molecule has 0 saturated heterocycles. The summed E-state index contributed by atoms with van der Waals surface area (Å²) in [6.07, 6.45) is 4.73. The van der Waals surface area contributed by atoms with Crippen molar-refractivity contribution in [3.63, 3.8) is 0 Å². The number of rotatable bonds is 4. The first-order chi connectivity index (χ1) is 13.1. The number of benzene rings is 1. The number of hydrogen-bond donors (Lipinski definition) is 1. The molecule has 1 aliphatic rings. The Morgan fingerprint density at radius 2 is 2.04 bits per heavy atom. The topological polar surface area (TPSA) is 73.2 Å². The minimum Gasteiger partial charge on any atom is -0.380 e. The number of pyridine rings is 2. The summed E-state index contributed by atoms with van der Waals surface area (Å²) in [5.41, 5.74) is 2.81. The average molecular weight is 367 g/mol. The number of anilines is 1. The second-order valence-corrected chi connectivity index (χ2v) is 6.64. The van der Waals surface area contributed by atoms with Gasteiger partial charge in [0.15, 0.2) is 0 Å². The van der Waals surface area contributed by atoms with Gasteiger partial charge in [-0.1, -0.05) is 24.3 Å². The molecule has 27 heavy (non-hydrogen) atoms. The SMILES string of the molecule is CCn1cc(C(=O)OF)c(=O)c2cc(NC3Cc4ccccc4C3)cnc21. The van der Waals surface area contributed by atoms with Crippen molar-refractivity contribution in [1.82, 2.24) is 9.55 Å². The van der Waals surface area contributed by atoms with Gasteiger partial charge in [-0.05, 0) is 37.0 Å². The van der Waals surface area contributed by atoms with Crippen molar-refractivity contribution in [3.8, 4) is 0 Å². The third-order valence-corrected chi connectivity index (χ3v) is 4.97. The van der Waals surface area contributed by atoms with E-state index >= 15 is 0 Å². The fourth-order valence-electron chi connectivity index (χ4n) is 3.68. The van der Waals surface area contributed by atoms with Gasteiger partial charge in [0, 0.05) is 23.3 Å². The van der Waals surface area contributed by atoms with Crippen LogP contribution in [0.2, 0.25) is 0 Å². The van der Waals surface area contributed by atoms with Crippen LogP contribution in [-0.4, -0.2) is 21.6 Å². The quantitative estimate of drug-likeness (QED) is 0.767. The number of aromatic nitrogens is 2. The predicted octanol–water partition coefficient (Wildman–Crippen LogP) is 3.04. The average Bonchev–Trinajstić information content (AvgIpc) is 3.10. The van der Waals surface area contributed by atoms with Gasteiger partial charge in [-0.3, -0.25) is 4.79 Å². The van der Waals surface area contributed by atoms with E-state index in [0.717, 1.165) is 12.8 Å². The molecule has 0 unspecified atom stereocenters. The number of nitrogens with zero attached hydrogens (tertiary/aromatic N) is 2. The van der Waals surface area contributed by atoms with E-state index in [1.165, 1.54) is 17.3 Å². The highest BCUT2D eigenvalue weighted by Gasteiger charge is 2.22. The van der Waals surface area contributed by atoms with E-state index in [2.05, 4.69) is 27.4 Å². The van der Waals surface area contributed by atoms with Gasteiger partial charge in [-0.15, -0.1) is 0 Å². The zero-order valence-electron chi connectivity index (χ0n) is 14.7. The third-order valence-electron chi connectivity index (χ3n) is 4.97. The van der Waals surface area contributed by atoms with E-state index in [1.54, 1.807) is 16.8 Å². The number of hydrogen-bond acceptors (Lipinski definition) is 5. The summed E-state index contributed by atoms with van der Waals surface area (Å²) >= 11 is 0. The first kappa shape index (κ1) is 17.2. The molecular formula is C20H18FN3O3. The fraction of sp³-hybridized carbons (Fsp3) is 0.250. The maximum absolute atomic E-state index is 12.6. The molecule has 0 atom stereocenters. The van der Waals surface area contributed by atoms with E-state index in [-0.39, 0.29) is 17.0 Å². The van der Waals surface area contributed by atoms with Crippen molar-refractivity contribution in [2.75, 3.05) is 5.32 Å². The monoisotopic (exact) mass is 367 g/mol. The summed E-state index contributed by atoms with van der Waals surface area (Å²) in [6.45, 7) is 2.32. The lowest BCUT2D eigenvalue weighted by atomic mass is 10.1. The number of carbonyl (C=O) groups excluding carboxylic acids is 1. The Morgan fingerprint density at radius 1 is 1.33 bits per heavy atom. The van der Waals surface area contributed by atoms with Crippen LogP contribution in [0, 0.1) is 0 Å². The van der Waals surface area contributed by atoms with Crippen LogP contribution in [-0.2, 0) is 24.3 Å². The van der Waals surface area contributed by atoms with E-state index in [0.29, 0.717) is 17.9 Å². The van der Waals surface area contributed by atoms with Gasteiger partial charge in [0.25, 0.3) is 0 Å². The van der Waals surface area contributed by atoms with Gasteiger partial charge in [-0.25, -0.2) is 14.7 Å². The Morgan fingerprint density at radius 3 is 2.67 bits per heavy atom. The molecule has 0 saturated carbocycles. The van der Waals surface area contributed by atoms with Crippen molar-refractivity contribution in [3.05, 3.63) is 69.6 Å². The number of halogens is 1. The van der Waals surface area contributed by atoms with Crippen LogP contribution in [0.3, 0.4) is 0 Å². The highest BCUT2D eigenvalue weighted by atomic mass is 19.3. The van der Waals surface area contributed by atoms with Crippen molar-refractivity contribution in [1.29, 1.82) is 0 Å². The van der Waals surface area contributed by atoms with Crippen LogP contribution in [0.5, 0.6) is 0 Å².